The Morgan fingerprint density at radius 2 is 1.76 bits per heavy atom. The van der Waals surface area contributed by atoms with Crippen molar-refractivity contribution in [2.45, 2.75) is 31.4 Å². The summed E-state index contributed by atoms with van der Waals surface area (Å²) in [6.07, 6.45) is 1.54. The fourth-order valence-corrected chi connectivity index (χ4v) is 3.62. The first-order valence-electron chi connectivity index (χ1n) is 10.4. The summed E-state index contributed by atoms with van der Waals surface area (Å²) in [4.78, 5) is 28.4. The summed E-state index contributed by atoms with van der Waals surface area (Å²) in [5, 5.41) is 32.8. The molecular weight excluding hydrogens is 422 g/mol. The van der Waals surface area contributed by atoms with E-state index in [-0.39, 0.29) is 12.0 Å². The Bertz CT molecular complexity index is 1270. The number of fused-ring (bicyclic) bond motifs is 1. The molecule has 0 saturated heterocycles. The Hall–Kier alpha value is -4.11. The van der Waals surface area contributed by atoms with E-state index in [9.17, 15) is 19.8 Å². The van der Waals surface area contributed by atoms with Gasteiger partial charge in [-0.05, 0) is 36.1 Å². The molecule has 1 amide bonds. The molecule has 4 N–H and O–H groups in total. The molecule has 2 unspecified atom stereocenters. The van der Waals surface area contributed by atoms with Crippen molar-refractivity contribution >= 4 is 23.0 Å². The lowest BCUT2D eigenvalue weighted by Crippen LogP contribution is -2.46. The first-order chi connectivity index (χ1) is 15.8. The van der Waals surface area contributed by atoms with E-state index in [2.05, 4.69) is 25.7 Å². The Morgan fingerprint density at radius 1 is 1.06 bits per heavy atom. The third-order valence-electron chi connectivity index (χ3n) is 5.42. The van der Waals surface area contributed by atoms with E-state index in [0.717, 1.165) is 16.7 Å². The molecule has 0 aliphatic carbocycles. The summed E-state index contributed by atoms with van der Waals surface area (Å²) in [5.41, 5.74) is 2.10. The summed E-state index contributed by atoms with van der Waals surface area (Å²) >= 11 is 0. The molecule has 0 spiro atoms. The Morgan fingerprint density at radius 3 is 2.45 bits per heavy atom. The zero-order valence-corrected chi connectivity index (χ0v) is 17.9. The number of aromatic amines is 1. The van der Waals surface area contributed by atoms with Gasteiger partial charge in [0.2, 0.25) is 5.65 Å². The number of aromatic nitrogens is 4. The molecule has 2 atom stereocenters. The quantitative estimate of drug-likeness (QED) is 0.327. The summed E-state index contributed by atoms with van der Waals surface area (Å²) in [7, 11) is 0. The molecule has 2 heterocycles. The van der Waals surface area contributed by atoms with Crippen molar-refractivity contribution in [3.63, 3.8) is 0 Å². The maximum atomic E-state index is 12.9. The fourth-order valence-electron chi connectivity index (χ4n) is 3.62. The van der Waals surface area contributed by atoms with Gasteiger partial charge in [-0.25, -0.2) is 9.78 Å². The summed E-state index contributed by atoms with van der Waals surface area (Å²) in [5.74, 6) is -1.80. The molecule has 0 aliphatic heterocycles. The first kappa shape index (κ1) is 22.1. The maximum Gasteiger partial charge on any atom is 0.335 e. The van der Waals surface area contributed by atoms with E-state index < -0.39 is 23.5 Å². The van der Waals surface area contributed by atoms with Crippen LogP contribution >= 0.6 is 0 Å². The zero-order valence-electron chi connectivity index (χ0n) is 17.9. The van der Waals surface area contributed by atoms with Gasteiger partial charge in [-0.1, -0.05) is 54.6 Å². The lowest BCUT2D eigenvalue weighted by Gasteiger charge is -2.26. The number of hydrogen-bond acceptors (Lipinski definition) is 6. The third-order valence-corrected chi connectivity index (χ3v) is 5.42. The SMILES string of the molecule is CC(O)(CC(Cc1ccc(-c2ccccc2)cc1)NC(=O)c1cnc2n[nH]nc2c1)C(=O)O. The zero-order chi connectivity index (χ0) is 23.4. The van der Waals surface area contributed by atoms with Gasteiger partial charge in [0, 0.05) is 18.7 Å². The number of carboxylic acids is 1. The molecule has 0 radical (unpaired) electrons. The number of aliphatic carboxylic acids is 1. The molecule has 2 aromatic heterocycles. The van der Waals surface area contributed by atoms with E-state index in [1.165, 1.54) is 13.1 Å². The van der Waals surface area contributed by atoms with Gasteiger partial charge < -0.3 is 15.5 Å². The van der Waals surface area contributed by atoms with Gasteiger partial charge >= 0.3 is 5.97 Å². The third kappa shape index (κ3) is 5.21. The van der Waals surface area contributed by atoms with Gasteiger partial charge in [-0.15, -0.1) is 5.10 Å². The number of carboxylic acid groups (broad SMARTS) is 1. The standard InChI is InChI=1S/C24H23N5O4/c1-24(33,23(31)32)13-19(26-22(30)18-12-20-21(25-14-18)28-29-27-20)11-15-7-9-17(10-8-15)16-5-3-2-4-6-16/h2-10,12,14,19,33H,11,13H2,1H3,(H,26,30)(H,31,32)(H,25,27,28,29). The Balaban J connectivity index is 1.54. The van der Waals surface area contributed by atoms with Crippen LogP contribution < -0.4 is 5.32 Å². The van der Waals surface area contributed by atoms with Gasteiger partial charge in [-0.3, -0.25) is 4.79 Å². The van der Waals surface area contributed by atoms with Crippen LogP contribution in [0.5, 0.6) is 0 Å². The number of carbonyl (C=O) groups is 2. The summed E-state index contributed by atoms with van der Waals surface area (Å²) in [6, 6.07) is 18.6. The van der Waals surface area contributed by atoms with Crippen LogP contribution in [-0.4, -0.2) is 54.1 Å². The van der Waals surface area contributed by atoms with Crippen LogP contribution in [0, 0.1) is 0 Å². The van der Waals surface area contributed by atoms with Crippen molar-refractivity contribution in [3.8, 4) is 11.1 Å². The van der Waals surface area contributed by atoms with Crippen LogP contribution in [0.3, 0.4) is 0 Å². The largest absolute Gasteiger partial charge is 0.479 e. The van der Waals surface area contributed by atoms with Crippen LogP contribution in [0.25, 0.3) is 22.3 Å². The molecule has 2 aromatic carbocycles. The highest BCUT2D eigenvalue weighted by molar-refractivity contribution is 5.96. The Labute approximate surface area is 189 Å². The molecule has 33 heavy (non-hydrogen) atoms. The first-order valence-corrected chi connectivity index (χ1v) is 10.4. The van der Waals surface area contributed by atoms with Crippen LogP contribution in [0.2, 0.25) is 0 Å². The topological polar surface area (TPSA) is 141 Å². The molecule has 9 nitrogen and oxygen atoms in total. The highest BCUT2D eigenvalue weighted by Gasteiger charge is 2.34. The van der Waals surface area contributed by atoms with Crippen molar-refractivity contribution in [2.75, 3.05) is 0 Å². The second kappa shape index (κ2) is 9.17. The number of nitrogens with zero attached hydrogens (tertiary/aromatic N) is 3. The number of benzene rings is 2. The number of aliphatic hydroxyl groups is 1. The fraction of sp³-hybridized carbons (Fsp3) is 0.208. The maximum absolute atomic E-state index is 12.9. The molecule has 0 bridgehead atoms. The van der Waals surface area contributed by atoms with Gasteiger partial charge in [0.1, 0.15) is 5.52 Å². The Kier molecular flexibility index (Phi) is 6.14. The summed E-state index contributed by atoms with van der Waals surface area (Å²) in [6.45, 7) is 1.22. The minimum Gasteiger partial charge on any atom is -0.479 e. The lowest BCUT2D eigenvalue weighted by atomic mass is 9.92. The predicted molar refractivity (Wildman–Crippen MR) is 121 cm³/mol. The number of H-pyrrole nitrogens is 1. The number of pyridine rings is 1. The van der Waals surface area contributed by atoms with E-state index >= 15 is 0 Å². The van der Waals surface area contributed by atoms with Gasteiger partial charge in [-0.2, -0.15) is 10.3 Å². The average Bonchev–Trinajstić information content (AvgIpc) is 3.28. The molecule has 168 valence electrons. The second-order valence-electron chi connectivity index (χ2n) is 8.11. The average molecular weight is 445 g/mol. The minimum atomic E-state index is -2.00. The van der Waals surface area contributed by atoms with Crippen LogP contribution in [0.1, 0.15) is 29.3 Å². The molecule has 0 saturated carbocycles. The number of hydrogen-bond donors (Lipinski definition) is 4. The molecule has 0 fully saturated rings. The summed E-state index contributed by atoms with van der Waals surface area (Å²) < 4.78 is 0. The van der Waals surface area contributed by atoms with E-state index in [1.807, 2.05) is 54.6 Å². The molecule has 9 heteroatoms. The van der Waals surface area contributed by atoms with Gasteiger partial charge in [0.25, 0.3) is 5.91 Å². The normalized spacial score (nSPS) is 13.9. The minimum absolute atomic E-state index is 0.172. The molecule has 4 rings (SSSR count). The highest BCUT2D eigenvalue weighted by Crippen LogP contribution is 2.22. The second-order valence-corrected chi connectivity index (χ2v) is 8.11. The number of nitrogens with one attached hydrogen (secondary N) is 2. The predicted octanol–water partition coefficient (Wildman–Crippen LogP) is 2.59. The van der Waals surface area contributed by atoms with E-state index in [0.29, 0.717) is 17.6 Å². The van der Waals surface area contributed by atoms with Crippen molar-refractivity contribution in [1.82, 2.24) is 25.7 Å². The van der Waals surface area contributed by atoms with Crippen molar-refractivity contribution in [3.05, 3.63) is 78.0 Å². The van der Waals surface area contributed by atoms with E-state index in [4.69, 9.17) is 0 Å². The van der Waals surface area contributed by atoms with Crippen molar-refractivity contribution in [2.24, 2.45) is 0 Å². The van der Waals surface area contributed by atoms with Crippen LogP contribution in [0.15, 0.2) is 66.9 Å². The van der Waals surface area contributed by atoms with Crippen molar-refractivity contribution < 1.29 is 19.8 Å². The number of carbonyl (C=O) groups excluding carboxylic acids is 1. The smallest absolute Gasteiger partial charge is 0.335 e. The molecule has 0 aliphatic rings. The number of rotatable bonds is 8. The van der Waals surface area contributed by atoms with Crippen LogP contribution in [0.4, 0.5) is 0 Å². The lowest BCUT2D eigenvalue weighted by molar-refractivity contribution is -0.157. The van der Waals surface area contributed by atoms with Gasteiger partial charge in [0.15, 0.2) is 5.60 Å². The molecule has 4 aromatic rings. The van der Waals surface area contributed by atoms with Crippen molar-refractivity contribution in [1.29, 1.82) is 0 Å². The van der Waals surface area contributed by atoms with E-state index in [1.54, 1.807) is 6.07 Å². The monoisotopic (exact) mass is 445 g/mol. The van der Waals surface area contributed by atoms with Gasteiger partial charge in [0.05, 0.1) is 5.56 Å². The molecular formula is C24H23N5O4. The van der Waals surface area contributed by atoms with Crippen LogP contribution in [-0.2, 0) is 11.2 Å². The highest BCUT2D eigenvalue weighted by atomic mass is 16.4. The number of amides is 1.